The molecule has 5 aromatic carbocycles. The monoisotopic (exact) mass is 1540 g/mol. The Kier molecular flexibility index (Phi) is 56.0. The Morgan fingerprint density at radius 3 is 0.486 bits per heavy atom. The van der Waals surface area contributed by atoms with Gasteiger partial charge in [-0.1, -0.05) is 189 Å². The fraction of sp³-hybridized carbons (Fsp3) is 0.556. The molecule has 5 aliphatic rings. The predicted molar refractivity (Wildman–Crippen MR) is 441 cm³/mol. The van der Waals surface area contributed by atoms with E-state index in [1.165, 1.54) is 128 Å². The van der Waals surface area contributed by atoms with E-state index in [-0.39, 0.29) is 23.5 Å². The number of hydrogen-bond donors (Lipinski definition) is 0. The zero-order valence-electron chi connectivity index (χ0n) is 63.2. The molecule has 5 radical (unpaired) electrons. The summed E-state index contributed by atoms with van der Waals surface area (Å²) in [6, 6.07) is 39.5. The number of unbranched alkanes of at least 4 members (excludes halogenated alkanes) is 5. The van der Waals surface area contributed by atoms with E-state index in [1.54, 1.807) is 0 Å². The maximum absolute atomic E-state index is 5.89. The Labute approximate surface area is 659 Å². The lowest BCUT2D eigenvalue weighted by atomic mass is 9.87. The molecule has 5 aromatic rings. The second kappa shape index (κ2) is 60.4. The highest BCUT2D eigenvalue weighted by Crippen LogP contribution is 2.31. The van der Waals surface area contributed by atoms with Crippen LogP contribution in [0.5, 0.6) is 0 Å². The van der Waals surface area contributed by atoms with Crippen molar-refractivity contribution >= 4 is 63.1 Å². The molecule has 5 nitrogen and oxygen atoms in total. The number of benzene rings is 5. The summed E-state index contributed by atoms with van der Waals surface area (Å²) in [5, 5.41) is 0. The third kappa shape index (κ3) is 43.9. The maximum atomic E-state index is 5.89. The third-order valence-corrected chi connectivity index (χ3v) is 20.4. The molecule has 0 aliphatic heterocycles. The minimum absolute atomic E-state index is 0. The van der Waals surface area contributed by atoms with Gasteiger partial charge in [-0.2, -0.15) is 0 Å². The zero-order chi connectivity index (χ0) is 71.0. The van der Waals surface area contributed by atoms with E-state index in [1.807, 2.05) is 121 Å². The minimum atomic E-state index is 0. The highest BCUT2D eigenvalue weighted by atomic mass is 32.1. The van der Waals surface area contributed by atoms with E-state index in [0.717, 1.165) is 150 Å². The standard InChI is InChI=1S/5C18H23OS.5FH/c5*1-2-3-14-19-17-10-6-15(7-11-17)4-5-16-8-12-18(20)13-9-16;;;;;/h5*8-9,12-13,15,17H,2-3,6-7,10-11,14H2,1H3;5*1H/t5*15-,17-;;;;;. The highest BCUT2D eigenvalue weighted by Gasteiger charge is 2.24. The first-order valence-electron chi connectivity index (χ1n) is 38.4. The Balaban J connectivity index is 0.000000649. The fourth-order valence-corrected chi connectivity index (χ4v) is 13.1. The summed E-state index contributed by atoms with van der Waals surface area (Å²) in [4.78, 5) is 4.38. The Hall–Kier alpha value is -5.55. The van der Waals surface area contributed by atoms with E-state index in [4.69, 9.17) is 86.8 Å². The molecule has 0 saturated heterocycles. The number of hydrogen-bond acceptors (Lipinski definition) is 5. The van der Waals surface area contributed by atoms with Crippen LogP contribution in [0.25, 0.3) is 0 Å². The first-order valence-corrected chi connectivity index (χ1v) is 40.4. The number of ether oxygens (including phenoxy) is 5. The summed E-state index contributed by atoms with van der Waals surface area (Å²) >= 11 is 25.4. The van der Waals surface area contributed by atoms with Crippen molar-refractivity contribution in [3.63, 3.8) is 0 Å². The van der Waals surface area contributed by atoms with Crippen LogP contribution in [0.2, 0.25) is 0 Å². The lowest BCUT2D eigenvalue weighted by Crippen LogP contribution is -2.21. The molecule has 5 saturated carbocycles. The summed E-state index contributed by atoms with van der Waals surface area (Å²) in [6.45, 7) is 15.6. The highest BCUT2D eigenvalue weighted by molar-refractivity contribution is 7.81. The molecule has 0 amide bonds. The SMILES string of the molecule is CCCCO[C@H]1CC[C@H](C#Cc2ccc([S])cc2)CC1.CCCCO[C@H]1CC[C@H](C#Cc2ccc([S])cc2)CC1.CCCCO[C@H]1CC[C@H](C#Cc2ccc([S])cc2)CC1.CCCCO[C@H]1CC[C@H](C#Cc2ccc([S])cc2)CC1.CCCCO[C@H]1CC[C@H](C#Cc2ccc([S])cc2)CC1.F.F.F.F.F. The van der Waals surface area contributed by atoms with Gasteiger partial charge in [-0.15, -0.1) is 0 Å². The topological polar surface area (TPSA) is 46.2 Å². The fourth-order valence-electron chi connectivity index (χ4n) is 12.5. The van der Waals surface area contributed by atoms with Gasteiger partial charge in [0.2, 0.25) is 0 Å². The van der Waals surface area contributed by atoms with Gasteiger partial charge in [-0.25, -0.2) is 0 Å². The number of halogens is 5. The van der Waals surface area contributed by atoms with Crippen molar-refractivity contribution < 1.29 is 47.2 Å². The van der Waals surface area contributed by atoms with Gasteiger partial charge in [0.1, 0.15) is 0 Å². The van der Waals surface area contributed by atoms with Gasteiger partial charge < -0.3 is 23.7 Å². The summed E-state index contributed by atoms with van der Waals surface area (Å²) in [5.41, 5.74) is 5.35. The summed E-state index contributed by atoms with van der Waals surface area (Å²) in [7, 11) is 0. The van der Waals surface area contributed by atoms with Gasteiger partial charge in [0.15, 0.2) is 0 Å². The van der Waals surface area contributed by atoms with Crippen LogP contribution >= 0.6 is 63.1 Å². The molecule has 575 valence electrons. The van der Waals surface area contributed by atoms with Crippen LogP contribution in [-0.2, 0) is 23.7 Å². The van der Waals surface area contributed by atoms with E-state index < -0.39 is 0 Å². The molecule has 0 bridgehead atoms. The van der Waals surface area contributed by atoms with Crippen LogP contribution < -0.4 is 0 Å². The molecule has 0 N–H and O–H groups in total. The van der Waals surface area contributed by atoms with Crippen molar-refractivity contribution in [2.45, 2.75) is 282 Å². The number of rotatable bonds is 20. The molecule has 0 aromatic heterocycles. The van der Waals surface area contributed by atoms with E-state index in [2.05, 4.69) is 93.8 Å². The molecule has 0 atom stereocenters. The minimum Gasteiger partial charge on any atom is -0.378 e. The largest absolute Gasteiger partial charge is 0.378 e. The molecule has 5 fully saturated rings. The Morgan fingerprint density at radius 2 is 0.362 bits per heavy atom. The molecular formula is C90H120F5O5S5. The molecule has 10 rings (SSSR count). The lowest BCUT2D eigenvalue weighted by molar-refractivity contribution is 0.0215. The van der Waals surface area contributed by atoms with Crippen molar-refractivity contribution in [3.05, 3.63) is 149 Å². The van der Waals surface area contributed by atoms with Crippen molar-refractivity contribution in [2.75, 3.05) is 33.0 Å². The first kappa shape index (κ1) is 97.5. The van der Waals surface area contributed by atoms with Gasteiger partial charge in [-0.3, -0.25) is 23.5 Å². The molecule has 0 spiro atoms. The van der Waals surface area contributed by atoms with Crippen LogP contribution in [0.4, 0.5) is 23.5 Å². The summed E-state index contributed by atoms with van der Waals surface area (Å²) in [6.07, 6.45) is 37.6. The average molecular weight is 1540 g/mol. The van der Waals surface area contributed by atoms with Crippen LogP contribution in [-0.4, -0.2) is 63.6 Å². The molecule has 5 aliphatic carbocycles. The van der Waals surface area contributed by atoms with Crippen LogP contribution in [0.1, 0.15) is 255 Å². The summed E-state index contributed by atoms with van der Waals surface area (Å²) < 4.78 is 29.4. The van der Waals surface area contributed by atoms with Crippen LogP contribution in [0.3, 0.4) is 0 Å². The average Bonchev–Trinajstić information content (AvgIpc) is 0.996. The van der Waals surface area contributed by atoms with Crippen LogP contribution in [0.15, 0.2) is 146 Å². The molecule has 15 heteroatoms. The molecule has 0 unspecified atom stereocenters. The smallest absolute Gasteiger partial charge is 0.0576 e. The van der Waals surface area contributed by atoms with Crippen molar-refractivity contribution in [3.8, 4) is 59.2 Å². The van der Waals surface area contributed by atoms with E-state index in [9.17, 15) is 0 Å². The summed E-state index contributed by atoms with van der Waals surface area (Å²) in [5.74, 6) is 36.0. The van der Waals surface area contributed by atoms with Gasteiger partial charge in [-0.05, 0) is 282 Å². The predicted octanol–water partition coefficient (Wildman–Crippen LogP) is 25.6. The Morgan fingerprint density at radius 1 is 0.229 bits per heavy atom. The van der Waals surface area contributed by atoms with Gasteiger partial charge in [0, 0.05) is 115 Å². The van der Waals surface area contributed by atoms with Crippen molar-refractivity contribution in [1.82, 2.24) is 0 Å². The normalized spacial score (nSPS) is 21.0. The molecular weight excluding hydrogens is 1420 g/mol. The molecule has 0 heterocycles. The van der Waals surface area contributed by atoms with Crippen molar-refractivity contribution in [1.29, 1.82) is 0 Å². The van der Waals surface area contributed by atoms with Crippen molar-refractivity contribution in [2.24, 2.45) is 29.6 Å². The van der Waals surface area contributed by atoms with Gasteiger partial charge in [0.25, 0.3) is 0 Å². The third-order valence-electron chi connectivity index (χ3n) is 19.0. The van der Waals surface area contributed by atoms with E-state index in [0.29, 0.717) is 60.1 Å². The lowest BCUT2D eigenvalue weighted by Gasteiger charge is -2.25. The quantitative estimate of drug-likeness (QED) is 0.0441. The second-order valence-corrected chi connectivity index (χ2v) is 29.8. The molecule has 105 heavy (non-hydrogen) atoms. The van der Waals surface area contributed by atoms with E-state index >= 15 is 0 Å². The first-order chi connectivity index (χ1) is 48.9. The van der Waals surface area contributed by atoms with Gasteiger partial charge in [0.05, 0.1) is 30.5 Å². The van der Waals surface area contributed by atoms with Crippen LogP contribution in [0, 0.1) is 88.8 Å². The Bertz CT molecular complexity index is 2780. The zero-order valence-corrected chi connectivity index (χ0v) is 67.3. The van der Waals surface area contributed by atoms with Gasteiger partial charge >= 0.3 is 0 Å². The second-order valence-electron chi connectivity index (χ2n) is 27.5. The maximum Gasteiger partial charge on any atom is 0.0576 e.